The van der Waals surface area contributed by atoms with Gasteiger partial charge in [-0.05, 0) is 23.5 Å². The Kier molecular flexibility index (Phi) is 3.29. The van der Waals surface area contributed by atoms with E-state index in [2.05, 4.69) is 50.5 Å². The average molecular weight is 192 g/mol. The van der Waals surface area contributed by atoms with E-state index in [1.807, 2.05) is 6.92 Å². The van der Waals surface area contributed by atoms with Gasteiger partial charge in [0, 0.05) is 6.04 Å². The molecule has 0 amide bonds. The van der Waals surface area contributed by atoms with E-state index >= 15 is 0 Å². The molecule has 0 aliphatic heterocycles. The van der Waals surface area contributed by atoms with Crippen LogP contribution in [0.1, 0.15) is 44.9 Å². The highest BCUT2D eigenvalue weighted by Crippen LogP contribution is 2.23. The molecule has 0 unspecified atom stereocenters. The fraction of sp³-hybridized carbons (Fsp3) is 0.500. The van der Waals surface area contributed by atoms with Gasteiger partial charge in [0.05, 0.1) is 0 Å². The summed E-state index contributed by atoms with van der Waals surface area (Å²) >= 11 is 0. The molecule has 0 bridgehead atoms. The van der Waals surface area contributed by atoms with Crippen LogP contribution in [0.3, 0.4) is 0 Å². The van der Waals surface area contributed by atoms with Crippen LogP contribution in [0.2, 0.25) is 0 Å². The van der Waals surface area contributed by atoms with Crippen molar-refractivity contribution in [1.82, 2.24) is 5.43 Å². The van der Waals surface area contributed by atoms with Gasteiger partial charge in [-0.1, -0.05) is 45.0 Å². The van der Waals surface area contributed by atoms with Crippen molar-refractivity contribution in [2.45, 2.75) is 39.2 Å². The van der Waals surface area contributed by atoms with Crippen LogP contribution in [-0.2, 0) is 5.41 Å². The van der Waals surface area contributed by atoms with Gasteiger partial charge in [0.25, 0.3) is 0 Å². The van der Waals surface area contributed by atoms with Crippen molar-refractivity contribution in [1.29, 1.82) is 0 Å². The van der Waals surface area contributed by atoms with Crippen LogP contribution >= 0.6 is 0 Å². The van der Waals surface area contributed by atoms with Gasteiger partial charge >= 0.3 is 0 Å². The zero-order chi connectivity index (χ0) is 10.8. The molecule has 0 radical (unpaired) electrons. The van der Waals surface area contributed by atoms with Gasteiger partial charge in [-0.25, -0.2) is 0 Å². The number of rotatable bonds is 2. The SMILES string of the molecule is C[C@H](NN)c1ccc(C(C)(C)C)cc1. The van der Waals surface area contributed by atoms with E-state index in [-0.39, 0.29) is 11.5 Å². The van der Waals surface area contributed by atoms with Crippen molar-refractivity contribution in [2.24, 2.45) is 5.84 Å². The van der Waals surface area contributed by atoms with Crippen molar-refractivity contribution in [3.05, 3.63) is 35.4 Å². The lowest BCUT2D eigenvalue weighted by atomic mass is 9.86. The maximum Gasteiger partial charge on any atom is 0.0431 e. The zero-order valence-corrected chi connectivity index (χ0v) is 9.46. The monoisotopic (exact) mass is 192 g/mol. The number of nitrogens with one attached hydrogen (secondary N) is 1. The summed E-state index contributed by atoms with van der Waals surface area (Å²) in [7, 11) is 0. The third-order valence-electron chi connectivity index (χ3n) is 2.53. The average Bonchev–Trinajstić information content (AvgIpc) is 2.15. The summed E-state index contributed by atoms with van der Waals surface area (Å²) in [4.78, 5) is 0. The maximum absolute atomic E-state index is 5.38. The number of hydrogen-bond acceptors (Lipinski definition) is 2. The summed E-state index contributed by atoms with van der Waals surface area (Å²) < 4.78 is 0. The smallest absolute Gasteiger partial charge is 0.0431 e. The Morgan fingerprint density at radius 1 is 1.14 bits per heavy atom. The molecule has 1 atom stereocenters. The summed E-state index contributed by atoms with van der Waals surface area (Å²) in [5.41, 5.74) is 5.53. The number of nitrogens with two attached hydrogens (primary N) is 1. The van der Waals surface area contributed by atoms with Crippen LogP contribution in [-0.4, -0.2) is 0 Å². The van der Waals surface area contributed by atoms with Crippen LogP contribution < -0.4 is 11.3 Å². The molecule has 0 aliphatic carbocycles. The Hall–Kier alpha value is -0.860. The lowest BCUT2D eigenvalue weighted by Gasteiger charge is -2.20. The second-order valence-electron chi connectivity index (χ2n) is 4.76. The van der Waals surface area contributed by atoms with Crippen LogP contribution in [0.25, 0.3) is 0 Å². The van der Waals surface area contributed by atoms with Crippen LogP contribution in [0.5, 0.6) is 0 Å². The maximum atomic E-state index is 5.38. The summed E-state index contributed by atoms with van der Waals surface area (Å²) in [5.74, 6) is 5.38. The van der Waals surface area contributed by atoms with E-state index in [1.165, 1.54) is 11.1 Å². The third kappa shape index (κ3) is 2.56. The third-order valence-corrected chi connectivity index (χ3v) is 2.53. The summed E-state index contributed by atoms with van der Waals surface area (Å²) in [6.45, 7) is 8.69. The Morgan fingerprint density at radius 2 is 1.64 bits per heavy atom. The summed E-state index contributed by atoms with van der Waals surface area (Å²) in [6.07, 6.45) is 0. The van der Waals surface area contributed by atoms with Gasteiger partial charge in [0.2, 0.25) is 0 Å². The fourth-order valence-electron chi connectivity index (χ4n) is 1.37. The Balaban J connectivity index is 2.89. The molecular weight excluding hydrogens is 172 g/mol. The van der Waals surface area contributed by atoms with Crippen molar-refractivity contribution in [3.8, 4) is 0 Å². The predicted octanol–water partition coefficient (Wildman–Crippen LogP) is 2.51. The molecule has 0 saturated carbocycles. The molecule has 1 rings (SSSR count). The Bertz CT molecular complexity index is 282. The van der Waals surface area contributed by atoms with Gasteiger partial charge < -0.3 is 0 Å². The largest absolute Gasteiger partial charge is 0.271 e. The molecule has 0 saturated heterocycles. The molecule has 0 spiro atoms. The fourth-order valence-corrected chi connectivity index (χ4v) is 1.37. The van der Waals surface area contributed by atoms with Gasteiger partial charge in [-0.15, -0.1) is 0 Å². The number of benzene rings is 1. The minimum absolute atomic E-state index is 0.212. The van der Waals surface area contributed by atoms with Gasteiger partial charge in [-0.3, -0.25) is 11.3 Å². The van der Waals surface area contributed by atoms with Crippen LogP contribution in [0, 0.1) is 0 Å². The van der Waals surface area contributed by atoms with E-state index < -0.39 is 0 Å². The molecule has 2 nitrogen and oxygen atoms in total. The van der Waals surface area contributed by atoms with E-state index in [9.17, 15) is 0 Å². The first-order chi connectivity index (χ1) is 6.45. The number of hydrazine groups is 1. The molecule has 3 N–H and O–H groups in total. The van der Waals surface area contributed by atoms with E-state index in [0.717, 1.165) is 0 Å². The van der Waals surface area contributed by atoms with Crippen molar-refractivity contribution in [3.63, 3.8) is 0 Å². The normalized spacial score (nSPS) is 14.1. The summed E-state index contributed by atoms with van der Waals surface area (Å²) in [5, 5.41) is 0. The van der Waals surface area contributed by atoms with Crippen molar-refractivity contribution >= 4 is 0 Å². The first-order valence-corrected chi connectivity index (χ1v) is 5.01. The first-order valence-electron chi connectivity index (χ1n) is 5.01. The molecule has 14 heavy (non-hydrogen) atoms. The molecule has 1 aromatic rings. The highest BCUT2D eigenvalue weighted by atomic mass is 15.2. The topological polar surface area (TPSA) is 38.0 Å². The quantitative estimate of drug-likeness (QED) is 0.558. The Morgan fingerprint density at radius 3 is 2.00 bits per heavy atom. The molecule has 0 heterocycles. The Labute approximate surface area is 86.5 Å². The highest BCUT2D eigenvalue weighted by Gasteiger charge is 2.13. The minimum Gasteiger partial charge on any atom is -0.271 e. The second kappa shape index (κ2) is 4.11. The molecule has 78 valence electrons. The first kappa shape index (κ1) is 11.2. The van der Waals surface area contributed by atoms with Crippen LogP contribution in [0.15, 0.2) is 24.3 Å². The van der Waals surface area contributed by atoms with Crippen LogP contribution in [0.4, 0.5) is 0 Å². The van der Waals surface area contributed by atoms with E-state index in [1.54, 1.807) is 0 Å². The van der Waals surface area contributed by atoms with E-state index in [0.29, 0.717) is 0 Å². The molecular formula is C12H20N2. The van der Waals surface area contributed by atoms with Crippen molar-refractivity contribution in [2.75, 3.05) is 0 Å². The molecule has 0 fully saturated rings. The van der Waals surface area contributed by atoms with Gasteiger partial charge in [0.1, 0.15) is 0 Å². The van der Waals surface area contributed by atoms with Crippen molar-refractivity contribution < 1.29 is 0 Å². The summed E-state index contributed by atoms with van der Waals surface area (Å²) in [6, 6.07) is 8.81. The lowest BCUT2D eigenvalue weighted by molar-refractivity contribution is 0.584. The second-order valence-corrected chi connectivity index (χ2v) is 4.76. The van der Waals surface area contributed by atoms with E-state index in [4.69, 9.17) is 5.84 Å². The predicted molar refractivity (Wildman–Crippen MR) is 60.9 cm³/mol. The minimum atomic E-state index is 0.212. The lowest BCUT2D eigenvalue weighted by Crippen LogP contribution is -2.25. The standard InChI is InChI=1S/C12H20N2/c1-9(14-13)10-5-7-11(8-6-10)12(2,3)4/h5-9,14H,13H2,1-4H3/t9-/m0/s1. The molecule has 0 aromatic heterocycles. The molecule has 0 aliphatic rings. The van der Waals surface area contributed by atoms with Gasteiger partial charge in [-0.2, -0.15) is 0 Å². The number of hydrogen-bond donors (Lipinski definition) is 2. The molecule has 1 aromatic carbocycles. The van der Waals surface area contributed by atoms with Gasteiger partial charge in [0.15, 0.2) is 0 Å². The molecule has 2 heteroatoms. The highest BCUT2D eigenvalue weighted by molar-refractivity contribution is 5.28. The zero-order valence-electron chi connectivity index (χ0n) is 9.46.